The molecule has 2 heterocycles. The molecule has 4 atom stereocenters. The standard InChI is InChI=1S/C16H18ClNOS/c17-14-15(19)18-13-9-5-4-6-11(13)10-20-16(14,18)12-7-2-1-3-8-12/h1-3,7-8,11,13-14H,4-6,9-10H2/t11-,13-,14+,16-/m1/s1. The molecule has 1 aromatic rings. The monoisotopic (exact) mass is 307 g/mol. The number of thioether (sulfide) groups is 1. The van der Waals surface area contributed by atoms with Gasteiger partial charge in [0.05, 0.1) is 0 Å². The Kier molecular flexibility index (Phi) is 3.04. The van der Waals surface area contributed by atoms with E-state index in [1.165, 1.54) is 24.8 Å². The molecule has 2 aliphatic heterocycles. The number of rotatable bonds is 1. The highest BCUT2D eigenvalue weighted by molar-refractivity contribution is 8.00. The molecule has 2 nitrogen and oxygen atoms in total. The predicted octanol–water partition coefficient (Wildman–Crippen LogP) is 3.59. The number of carbonyl (C=O) groups excluding carboxylic acids is 1. The maximum Gasteiger partial charge on any atom is 0.246 e. The third kappa shape index (κ3) is 1.57. The number of benzene rings is 1. The normalized spacial score (nSPS) is 39.8. The molecule has 106 valence electrons. The van der Waals surface area contributed by atoms with Gasteiger partial charge in [-0.05, 0) is 24.3 Å². The molecule has 3 fully saturated rings. The molecule has 1 aliphatic carbocycles. The minimum Gasteiger partial charge on any atom is -0.317 e. The average Bonchev–Trinajstić information content (AvgIpc) is 2.53. The zero-order valence-electron chi connectivity index (χ0n) is 11.3. The van der Waals surface area contributed by atoms with Crippen LogP contribution in [0.3, 0.4) is 0 Å². The van der Waals surface area contributed by atoms with Crippen LogP contribution in [-0.2, 0) is 9.67 Å². The largest absolute Gasteiger partial charge is 0.317 e. The van der Waals surface area contributed by atoms with Gasteiger partial charge in [0.1, 0.15) is 10.2 Å². The molecule has 1 aromatic carbocycles. The van der Waals surface area contributed by atoms with Gasteiger partial charge in [-0.15, -0.1) is 23.4 Å². The van der Waals surface area contributed by atoms with Crippen LogP contribution < -0.4 is 0 Å². The van der Waals surface area contributed by atoms with Crippen molar-refractivity contribution < 1.29 is 4.79 Å². The molecule has 0 unspecified atom stereocenters. The van der Waals surface area contributed by atoms with Gasteiger partial charge in [0.15, 0.2) is 0 Å². The molecule has 0 aromatic heterocycles. The van der Waals surface area contributed by atoms with Crippen molar-refractivity contribution in [1.29, 1.82) is 0 Å². The van der Waals surface area contributed by atoms with Crippen LogP contribution in [0.25, 0.3) is 0 Å². The van der Waals surface area contributed by atoms with E-state index in [0.29, 0.717) is 12.0 Å². The van der Waals surface area contributed by atoms with E-state index in [1.54, 1.807) is 0 Å². The number of halogens is 1. The summed E-state index contributed by atoms with van der Waals surface area (Å²) < 4.78 is 0. The van der Waals surface area contributed by atoms with Crippen molar-refractivity contribution in [3.8, 4) is 0 Å². The Morgan fingerprint density at radius 1 is 1.20 bits per heavy atom. The van der Waals surface area contributed by atoms with Crippen molar-refractivity contribution in [3.05, 3.63) is 35.9 Å². The first-order chi connectivity index (χ1) is 9.75. The van der Waals surface area contributed by atoms with Crippen LogP contribution in [0.1, 0.15) is 31.2 Å². The Bertz CT molecular complexity index is 537. The van der Waals surface area contributed by atoms with Crippen molar-refractivity contribution in [2.75, 3.05) is 5.75 Å². The van der Waals surface area contributed by atoms with E-state index >= 15 is 0 Å². The fraction of sp³-hybridized carbons (Fsp3) is 0.562. The third-order valence-corrected chi connectivity index (χ3v) is 7.40. The minimum absolute atomic E-state index is 0.139. The number of β-lactam (4-membered cyclic amide) rings is 1. The second-order valence-electron chi connectivity index (χ2n) is 6.06. The summed E-state index contributed by atoms with van der Waals surface area (Å²) in [5, 5.41) is -0.405. The highest BCUT2D eigenvalue weighted by Crippen LogP contribution is 2.59. The molecule has 0 bridgehead atoms. The number of alkyl halides is 1. The summed E-state index contributed by atoms with van der Waals surface area (Å²) >= 11 is 8.37. The number of hydrogen-bond donors (Lipinski definition) is 0. The lowest BCUT2D eigenvalue weighted by Crippen LogP contribution is -2.74. The Labute approximate surface area is 128 Å². The second kappa shape index (κ2) is 4.67. The Morgan fingerprint density at radius 3 is 2.75 bits per heavy atom. The summed E-state index contributed by atoms with van der Waals surface area (Å²) in [5.41, 5.74) is 1.19. The van der Waals surface area contributed by atoms with Crippen LogP contribution in [0.4, 0.5) is 0 Å². The number of amides is 1. The Balaban J connectivity index is 1.76. The summed E-state index contributed by atoms with van der Waals surface area (Å²) in [5.74, 6) is 1.94. The second-order valence-corrected chi connectivity index (χ2v) is 7.74. The summed E-state index contributed by atoms with van der Waals surface area (Å²) in [7, 11) is 0. The summed E-state index contributed by atoms with van der Waals surface area (Å²) in [6.07, 6.45) is 4.97. The van der Waals surface area contributed by atoms with Crippen molar-refractivity contribution in [2.45, 2.75) is 42.0 Å². The van der Waals surface area contributed by atoms with Gasteiger partial charge in [-0.1, -0.05) is 43.2 Å². The van der Waals surface area contributed by atoms with E-state index in [1.807, 2.05) is 30.0 Å². The number of nitrogens with zero attached hydrogens (tertiary/aromatic N) is 1. The van der Waals surface area contributed by atoms with Crippen molar-refractivity contribution >= 4 is 29.3 Å². The number of carbonyl (C=O) groups is 1. The molecule has 4 rings (SSSR count). The van der Waals surface area contributed by atoms with Crippen LogP contribution in [0.2, 0.25) is 0 Å². The van der Waals surface area contributed by atoms with Gasteiger partial charge in [0.25, 0.3) is 0 Å². The van der Waals surface area contributed by atoms with Gasteiger partial charge in [-0.2, -0.15) is 0 Å². The van der Waals surface area contributed by atoms with Gasteiger partial charge in [0, 0.05) is 11.8 Å². The number of fused-ring (bicyclic) bond motifs is 3. The molecule has 0 spiro atoms. The summed E-state index contributed by atoms with van der Waals surface area (Å²) in [6.45, 7) is 0. The molecule has 1 amide bonds. The van der Waals surface area contributed by atoms with E-state index in [4.69, 9.17) is 11.6 Å². The SMILES string of the molecule is O=C1[C@H](Cl)[C@@]2(c3ccccc3)SC[C@H]3CCCC[C@H]3N12. The van der Waals surface area contributed by atoms with Crippen LogP contribution >= 0.6 is 23.4 Å². The van der Waals surface area contributed by atoms with Crippen LogP contribution in [0, 0.1) is 5.92 Å². The van der Waals surface area contributed by atoms with Crippen LogP contribution in [0.5, 0.6) is 0 Å². The lowest BCUT2D eigenvalue weighted by molar-refractivity contribution is -0.157. The van der Waals surface area contributed by atoms with Gasteiger partial charge < -0.3 is 4.90 Å². The predicted molar refractivity (Wildman–Crippen MR) is 82.8 cm³/mol. The molecule has 20 heavy (non-hydrogen) atoms. The molecule has 0 radical (unpaired) electrons. The average molecular weight is 308 g/mol. The zero-order chi connectivity index (χ0) is 13.7. The van der Waals surface area contributed by atoms with Gasteiger partial charge in [-0.25, -0.2) is 0 Å². The van der Waals surface area contributed by atoms with E-state index in [0.717, 1.165) is 12.2 Å². The fourth-order valence-corrected chi connectivity index (χ4v) is 6.36. The quantitative estimate of drug-likeness (QED) is 0.584. The summed E-state index contributed by atoms with van der Waals surface area (Å²) in [4.78, 5) is 14.2. The molecular formula is C16H18ClNOS. The molecule has 3 aliphatic rings. The lowest BCUT2D eigenvalue weighted by atomic mass is 9.79. The summed E-state index contributed by atoms with van der Waals surface area (Å²) in [6, 6.07) is 10.7. The maximum absolute atomic E-state index is 12.4. The van der Waals surface area contributed by atoms with E-state index in [2.05, 4.69) is 17.0 Å². The van der Waals surface area contributed by atoms with Crippen LogP contribution in [0.15, 0.2) is 30.3 Å². The molecule has 0 N–H and O–H groups in total. The van der Waals surface area contributed by atoms with E-state index in [-0.39, 0.29) is 10.8 Å². The van der Waals surface area contributed by atoms with Crippen molar-refractivity contribution in [2.24, 2.45) is 5.92 Å². The lowest BCUT2D eigenvalue weighted by Gasteiger charge is -2.63. The molecular weight excluding hydrogens is 290 g/mol. The van der Waals surface area contributed by atoms with E-state index < -0.39 is 5.38 Å². The first kappa shape index (κ1) is 13.0. The Hall–Kier alpha value is -0.670. The zero-order valence-corrected chi connectivity index (χ0v) is 12.9. The van der Waals surface area contributed by atoms with Gasteiger partial charge in [0.2, 0.25) is 5.91 Å². The van der Waals surface area contributed by atoms with Gasteiger partial charge >= 0.3 is 0 Å². The first-order valence-electron chi connectivity index (χ1n) is 7.42. The minimum atomic E-state index is -0.405. The van der Waals surface area contributed by atoms with Gasteiger partial charge in [-0.3, -0.25) is 4.79 Å². The third-order valence-electron chi connectivity index (χ3n) is 5.06. The molecule has 1 saturated carbocycles. The molecule has 4 heteroatoms. The van der Waals surface area contributed by atoms with E-state index in [9.17, 15) is 4.79 Å². The first-order valence-corrected chi connectivity index (χ1v) is 8.84. The highest BCUT2D eigenvalue weighted by Gasteiger charge is 2.66. The van der Waals surface area contributed by atoms with Crippen LogP contribution in [-0.4, -0.2) is 28.0 Å². The van der Waals surface area contributed by atoms with Crippen molar-refractivity contribution in [3.63, 3.8) is 0 Å². The Morgan fingerprint density at radius 2 is 1.95 bits per heavy atom. The topological polar surface area (TPSA) is 20.3 Å². The fourth-order valence-electron chi connectivity index (χ4n) is 4.06. The highest BCUT2D eigenvalue weighted by atomic mass is 35.5. The smallest absolute Gasteiger partial charge is 0.246 e. The number of hydrogen-bond acceptors (Lipinski definition) is 2. The maximum atomic E-state index is 12.4. The van der Waals surface area contributed by atoms with Crippen molar-refractivity contribution in [1.82, 2.24) is 4.90 Å². The molecule has 2 saturated heterocycles.